The maximum Gasteiger partial charge on any atom is 0.120 e. The van der Waals surface area contributed by atoms with Crippen LogP contribution in [0.2, 0.25) is 0 Å². The van der Waals surface area contributed by atoms with Gasteiger partial charge in [-0.15, -0.1) is 0 Å². The molecule has 2 heterocycles. The van der Waals surface area contributed by atoms with Gasteiger partial charge in [-0.25, -0.2) is 4.98 Å². The second-order valence-electron chi connectivity index (χ2n) is 4.86. The molecule has 2 N–H and O–H groups in total. The van der Waals surface area contributed by atoms with E-state index in [1.54, 1.807) is 11.3 Å². The Morgan fingerprint density at radius 3 is 2.88 bits per heavy atom. The van der Waals surface area contributed by atoms with E-state index in [-0.39, 0.29) is 5.54 Å². The van der Waals surface area contributed by atoms with E-state index in [1.165, 1.54) is 5.56 Å². The molecule has 0 aromatic carbocycles. The highest BCUT2D eigenvalue weighted by Gasteiger charge is 2.10. The molecule has 4 heteroatoms. The van der Waals surface area contributed by atoms with E-state index >= 15 is 0 Å². The number of hydrogen-bond donors (Lipinski definition) is 2. The van der Waals surface area contributed by atoms with E-state index in [0.717, 1.165) is 18.1 Å². The molecular weight excluding hydrogens is 218 g/mol. The topological polar surface area (TPSA) is 40.7 Å². The highest BCUT2D eigenvalue weighted by molar-refractivity contribution is 7.08. The first-order chi connectivity index (χ1) is 7.54. The fourth-order valence-corrected chi connectivity index (χ4v) is 2.02. The first kappa shape index (κ1) is 11.4. The number of nitrogens with one attached hydrogen (secondary N) is 2. The van der Waals surface area contributed by atoms with E-state index in [2.05, 4.69) is 52.9 Å². The summed E-state index contributed by atoms with van der Waals surface area (Å²) < 4.78 is 0. The number of rotatable bonds is 3. The van der Waals surface area contributed by atoms with Crippen molar-refractivity contribution in [3.8, 4) is 11.3 Å². The molecule has 0 amide bonds. The Bertz CT molecular complexity index is 437. The van der Waals surface area contributed by atoms with Crippen LogP contribution in [0.4, 0.5) is 0 Å². The number of aromatic nitrogens is 2. The molecule has 0 aliphatic rings. The van der Waals surface area contributed by atoms with E-state index < -0.39 is 0 Å². The molecule has 0 fully saturated rings. The minimum absolute atomic E-state index is 0.120. The van der Waals surface area contributed by atoms with Gasteiger partial charge in [0, 0.05) is 16.5 Å². The molecule has 2 aromatic rings. The first-order valence-electron chi connectivity index (χ1n) is 5.36. The summed E-state index contributed by atoms with van der Waals surface area (Å²) in [5, 5.41) is 7.60. The molecule has 2 aromatic heterocycles. The van der Waals surface area contributed by atoms with Gasteiger partial charge in [-0.1, -0.05) is 0 Å². The van der Waals surface area contributed by atoms with Gasteiger partial charge in [-0.05, 0) is 32.2 Å². The van der Waals surface area contributed by atoms with Crippen molar-refractivity contribution in [2.45, 2.75) is 32.9 Å². The Kier molecular flexibility index (Phi) is 3.12. The van der Waals surface area contributed by atoms with Crippen LogP contribution in [0.25, 0.3) is 11.3 Å². The normalized spacial score (nSPS) is 11.9. The Balaban J connectivity index is 2.03. The van der Waals surface area contributed by atoms with Crippen LogP contribution in [-0.4, -0.2) is 15.5 Å². The Morgan fingerprint density at radius 2 is 2.25 bits per heavy atom. The number of thiophene rings is 1. The van der Waals surface area contributed by atoms with E-state index in [1.807, 2.05) is 6.20 Å². The summed E-state index contributed by atoms with van der Waals surface area (Å²) in [4.78, 5) is 7.68. The molecule has 0 aliphatic heterocycles. The molecule has 0 aliphatic carbocycles. The molecule has 2 rings (SSSR count). The Hall–Kier alpha value is -1.13. The summed E-state index contributed by atoms with van der Waals surface area (Å²) in [5.74, 6) is 0.983. The molecule has 0 atom stereocenters. The van der Waals surface area contributed by atoms with Crippen molar-refractivity contribution >= 4 is 11.3 Å². The second-order valence-corrected chi connectivity index (χ2v) is 5.64. The summed E-state index contributed by atoms with van der Waals surface area (Å²) >= 11 is 1.70. The lowest BCUT2D eigenvalue weighted by Crippen LogP contribution is -2.35. The van der Waals surface area contributed by atoms with Crippen molar-refractivity contribution < 1.29 is 0 Å². The summed E-state index contributed by atoms with van der Waals surface area (Å²) in [6.45, 7) is 7.22. The minimum atomic E-state index is 0.120. The molecule has 16 heavy (non-hydrogen) atoms. The average Bonchev–Trinajstić information content (AvgIpc) is 2.84. The van der Waals surface area contributed by atoms with E-state index in [0.29, 0.717) is 0 Å². The molecule has 0 saturated carbocycles. The van der Waals surface area contributed by atoms with Crippen LogP contribution in [0.15, 0.2) is 23.0 Å². The summed E-state index contributed by atoms with van der Waals surface area (Å²) in [7, 11) is 0. The van der Waals surface area contributed by atoms with Crippen molar-refractivity contribution in [3.63, 3.8) is 0 Å². The number of imidazole rings is 1. The van der Waals surface area contributed by atoms with Gasteiger partial charge in [0.15, 0.2) is 0 Å². The minimum Gasteiger partial charge on any atom is -0.341 e. The monoisotopic (exact) mass is 235 g/mol. The zero-order chi connectivity index (χ0) is 11.6. The Morgan fingerprint density at radius 1 is 1.44 bits per heavy atom. The van der Waals surface area contributed by atoms with Gasteiger partial charge in [-0.3, -0.25) is 0 Å². The van der Waals surface area contributed by atoms with Crippen LogP contribution in [0.3, 0.4) is 0 Å². The van der Waals surface area contributed by atoms with Crippen molar-refractivity contribution in [3.05, 3.63) is 28.8 Å². The molecule has 0 saturated heterocycles. The first-order valence-corrected chi connectivity index (χ1v) is 6.30. The Labute approximate surface area is 99.9 Å². The largest absolute Gasteiger partial charge is 0.341 e. The fourth-order valence-electron chi connectivity index (χ4n) is 1.37. The van der Waals surface area contributed by atoms with Gasteiger partial charge < -0.3 is 10.3 Å². The number of aromatic amines is 1. The van der Waals surface area contributed by atoms with Crippen LogP contribution in [0.1, 0.15) is 26.6 Å². The average molecular weight is 235 g/mol. The van der Waals surface area contributed by atoms with Crippen LogP contribution in [-0.2, 0) is 6.54 Å². The SMILES string of the molecule is CC(C)(C)NCc1ncc(-c2ccsc2)[nH]1. The zero-order valence-electron chi connectivity index (χ0n) is 9.87. The second kappa shape index (κ2) is 4.39. The van der Waals surface area contributed by atoms with E-state index in [4.69, 9.17) is 0 Å². The third kappa shape index (κ3) is 2.93. The highest BCUT2D eigenvalue weighted by Crippen LogP contribution is 2.19. The molecule has 0 bridgehead atoms. The van der Waals surface area contributed by atoms with E-state index in [9.17, 15) is 0 Å². The molecule has 0 spiro atoms. The van der Waals surface area contributed by atoms with Gasteiger partial charge in [0.1, 0.15) is 5.82 Å². The van der Waals surface area contributed by atoms with Gasteiger partial charge in [0.05, 0.1) is 18.4 Å². The van der Waals surface area contributed by atoms with Crippen LogP contribution >= 0.6 is 11.3 Å². The lowest BCUT2D eigenvalue weighted by atomic mass is 10.1. The third-order valence-electron chi connectivity index (χ3n) is 2.25. The highest BCUT2D eigenvalue weighted by atomic mass is 32.1. The zero-order valence-corrected chi connectivity index (χ0v) is 10.7. The molecule has 0 unspecified atom stereocenters. The van der Waals surface area contributed by atoms with Crippen molar-refractivity contribution in [1.82, 2.24) is 15.3 Å². The smallest absolute Gasteiger partial charge is 0.120 e. The van der Waals surface area contributed by atoms with Crippen LogP contribution in [0, 0.1) is 0 Å². The molecular formula is C12H17N3S. The lowest BCUT2D eigenvalue weighted by Gasteiger charge is -2.19. The van der Waals surface area contributed by atoms with Crippen LogP contribution in [0.5, 0.6) is 0 Å². The summed E-state index contributed by atoms with van der Waals surface area (Å²) in [6, 6.07) is 2.10. The van der Waals surface area contributed by atoms with Gasteiger partial charge >= 0.3 is 0 Å². The third-order valence-corrected chi connectivity index (χ3v) is 2.93. The van der Waals surface area contributed by atoms with Crippen molar-refractivity contribution in [1.29, 1.82) is 0 Å². The number of hydrogen-bond acceptors (Lipinski definition) is 3. The number of nitrogens with zero attached hydrogens (tertiary/aromatic N) is 1. The summed E-state index contributed by atoms with van der Waals surface area (Å²) in [6.07, 6.45) is 1.89. The standard InChI is InChI=1S/C12H17N3S/c1-12(2,3)14-7-11-13-6-10(15-11)9-4-5-16-8-9/h4-6,8,14H,7H2,1-3H3,(H,13,15). The predicted octanol–water partition coefficient (Wildman–Crippen LogP) is 3.03. The van der Waals surface area contributed by atoms with Crippen LogP contribution < -0.4 is 5.32 Å². The van der Waals surface area contributed by atoms with Crippen molar-refractivity contribution in [2.75, 3.05) is 0 Å². The predicted molar refractivity (Wildman–Crippen MR) is 68.5 cm³/mol. The number of H-pyrrole nitrogens is 1. The maximum atomic E-state index is 4.36. The van der Waals surface area contributed by atoms with Gasteiger partial charge in [0.2, 0.25) is 0 Å². The summed E-state index contributed by atoms with van der Waals surface area (Å²) in [5.41, 5.74) is 2.42. The maximum absolute atomic E-state index is 4.36. The fraction of sp³-hybridized carbons (Fsp3) is 0.417. The molecule has 86 valence electrons. The molecule has 3 nitrogen and oxygen atoms in total. The van der Waals surface area contributed by atoms with Gasteiger partial charge in [0.25, 0.3) is 0 Å². The van der Waals surface area contributed by atoms with Gasteiger partial charge in [-0.2, -0.15) is 11.3 Å². The quantitative estimate of drug-likeness (QED) is 0.858. The molecule has 0 radical (unpaired) electrons. The lowest BCUT2D eigenvalue weighted by molar-refractivity contribution is 0.418. The van der Waals surface area contributed by atoms with Crippen molar-refractivity contribution in [2.24, 2.45) is 0 Å².